The van der Waals surface area contributed by atoms with Gasteiger partial charge in [-0.3, -0.25) is 0 Å². The van der Waals surface area contributed by atoms with Crippen molar-refractivity contribution in [2.24, 2.45) is 0 Å². The third-order valence-electron chi connectivity index (χ3n) is 2.41. The highest BCUT2D eigenvalue weighted by Gasteiger charge is 2.08. The average Bonchev–Trinajstić information content (AvgIpc) is 2.27. The van der Waals surface area contributed by atoms with Crippen LogP contribution in [0, 0.1) is 0 Å². The molecule has 2 rings (SSSR count). The Labute approximate surface area is 86.6 Å². The molecule has 2 N–H and O–H groups in total. The van der Waals surface area contributed by atoms with Crippen LogP contribution in [0.15, 0.2) is 36.4 Å². The number of hydrogen-bond donors (Lipinski definition) is 2. The van der Waals surface area contributed by atoms with Crippen molar-refractivity contribution in [3.05, 3.63) is 47.5 Å². The Morgan fingerprint density at radius 1 is 1.07 bits per heavy atom. The number of benzene rings is 2. The van der Waals surface area contributed by atoms with Gasteiger partial charge in [-0.25, -0.2) is 4.79 Å². The third kappa shape index (κ3) is 1.57. The van der Waals surface area contributed by atoms with Crippen molar-refractivity contribution >= 4 is 16.7 Å². The van der Waals surface area contributed by atoms with E-state index in [4.69, 9.17) is 10.2 Å². The van der Waals surface area contributed by atoms with Crippen LogP contribution in [-0.4, -0.2) is 16.2 Å². The molecule has 0 saturated carbocycles. The van der Waals surface area contributed by atoms with Crippen LogP contribution in [0.2, 0.25) is 0 Å². The summed E-state index contributed by atoms with van der Waals surface area (Å²) in [4.78, 5) is 11.0. The number of carboxylic acid groups (broad SMARTS) is 1. The highest BCUT2D eigenvalue weighted by Crippen LogP contribution is 2.22. The molecule has 0 atom stereocenters. The fraction of sp³-hybridized carbons (Fsp3) is 0.0833. The number of aromatic carboxylic acids is 1. The second-order valence-corrected chi connectivity index (χ2v) is 3.28. The van der Waals surface area contributed by atoms with E-state index >= 15 is 0 Å². The predicted octanol–water partition coefficient (Wildman–Crippen LogP) is 2.03. The maximum Gasteiger partial charge on any atom is 0.336 e. The van der Waals surface area contributed by atoms with Crippen LogP contribution in [0.5, 0.6) is 0 Å². The molecule has 0 aliphatic heterocycles. The third-order valence-corrected chi connectivity index (χ3v) is 2.41. The second-order valence-electron chi connectivity index (χ2n) is 3.28. The summed E-state index contributed by atoms with van der Waals surface area (Å²) >= 11 is 0. The van der Waals surface area contributed by atoms with Gasteiger partial charge >= 0.3 is 5.97 Å². The van der Waals surface area contributed by atoms with Crippen molar-refractivity contribution in [2.75, 3.05) is 0 Å². The Morgan fingerprint density at radius 2 is 1.73 bits per heavy atom. The summed E-state index contributed by atoms with van der Waals surface area (Å²) in [5.41, 5.74) is 1.01. The van der Waals surface area contributed by atoms with Crippen molar-refractivity contribution in [3.8, 4) is 0 Å². The van der Waals surface area contributed by atoms with E-state index in [-0.39, 0.29) is 12.2 Å². The van der Waals surface area contributed by atoms with Crippen LogP contribution in [-0.2, 0) is 6.61 Å². The molecule has 0 aliphatic carbocycles. The first kappa shape index (κ1) is 9.68. The summed E-state index contributed by atoms with van der Waals surface area (Å²) in [6.07, 6.45) is 0. The molecule has 76 valence electrons. The SMILES string of the molecule is O=C(O)c1cccc2c(CO)cccc12. The van der Waals surface area contributed by atoms with Gasteiger partial charge in [0.25, 0.3) is 0 Å². The summed E-state index contributed by atoms with van der Waals surface area (Å²) in [5, 5.41) is 19.6. The lowest BCUT2D eigenvalue weighted by Crippen LogP contribution is -1.98. The maximum atomic E-state index is 11.0. The van der Waals surface area contributed by atoms with Gasteiger partial charge in [0.2, 0.25) is 0 Å². The zero-order valence-corrected chi connectivity index (χ0v) is 7.97. The molecular weight excluding hydrogens is 192 g/mol. The van der Waals surface area contributed by atoms with Crippen LogP contribution in [0.3, 0.4) is 0 Å². The number of rotatable bonds is 2. The van der Waals surface area contributed by atoms with Crippen LogP contribution in [0.1, 0.15) is 15.9 Å². The Bertz CT molecular complexity index is 517. The van der Waals surface area contributed by atoms with Crippen molar-refractivity contribution in [1.29, 1.82) is 0 Å². The molecule has 0 unspecified atom stereocenters. The van der Waals surface area contributed by atoms with E-state index in [1.165, 1.54) is 0 Å². The average molecular weight is 202 g/mol. The minimum Gasteiger partial charge on any atom is -0.478 e. The molecular formula is C12H10O3. The van der Waals surface area contributed by atoms with Crippen molar-refractivity contribution in [1.82, 2.24) is 0 Å². The summed E-state index contributed by atoms with van der Waals surface area (Å²) in [7, 11) is 0. The molecule has 2 aromatic carbocycles. The fourth-order valence-corrected chi connectivity index (χ4v) is 1.70. The molecule has 0 heterocycles. The second kappa shape index (κ2) is 3.71. The van der Waals surface area contributed by atoms with Gasteiger partial charge in [0.1, 0.15) is 0 Å². The monoisotopic (exact) mass is 202 g/mol. The maximum absolute atomic E-state index is 11.0. The number of fused-ring (bicyclic) bond motifs is 1. The lowest BCUT2D eigenvalue weighted by molar-refractivity contribution is 0.0699. The minimum atomic E-state index is -0.948. The van der Waals surface area contributed by atoms with Gasteiger partial charge < -0.3 is 10.2 Å². The van der Waals surface area contributed by atoms with Gasteiger partial charge in [-0.15, -0.1) is 0 Å². The number of carboxylic acids is 1. The summed E-state index contributed by atoms with van der Waals surface area (Å²) in [6, 6.07) is 10.3. The number of hydrogen-bond acceptors (Lipinski definition) is 2. The molecule has 0 bridgehead atoms. The van der Waals surface area contributed by atoms with Crippen LogP contribution < -0.4 is 0 Å². The number of aliphatic hydroxyl groups is 1. The first-order valence-corrected chi connectivity index (χ1v) is 4.59. The smallest absolute Gasteiger partial charge is 0.336 e. The largest absolute Gasteiger partial charge is 0.478 e. The number of aliphatic hydroxyl groups excluding tert-OH is 1. The predicted molar refractivity (Wildman–Crippen MR) is 56.8 cm³/mol. The Kier molecular flexibility index (Phi) is 2.39. The van der Waals surface area contributed by atoms with E-state index in [0.29, 0.717) is 5.39 Å². The topological polar surface area (TPSA) is 57.5 Å². The highest BCUT2D eigenvalue weighted by atomic mass is 16.4. The zero-order chi connectivity index (χ0) is 10.8. The van der Waals surface area contributed by atoms with Gasteiger partial charge in [-0.1, -0.05) is 30.3 Å². The molecule has 15 heavy (non-hydrogen) atoms. The highest BCUT2D eigenvalue weighted by molar-refractivity contribution is 6.04. The quantitative estimate of drug-likeness (QED) is 0.783. The zero-order valence-electron chi connectivity index (χ0n) is 7.97. The summed E-state index contributed by atoms with van der Waals surface area (Å²) in [6.45, 7) is -0.0829. The van der Waals surface area contributed by atoms with Crippen molar-refractivity contribution in [2.45, 2.75) is 6.61 Å². The Hall–Kier alpha value is -1.87. The molecule has 0 amide bonds. The molecule has 0 spiro atoms. The van der Waals surface area contributed by atoms with E-state index in [9.17, 15) is 4.79 Å². The van der Waals surface area contributed by atoms with E-state index in [1.54, 1.807) is 30.3 Å². The van der Waals surface area contributed by atoms with E-state index < -0.39 is 5.97 Å². The Balaban J connectivity index is 2.82. The molecule has 0 fully saturated rings. The molecule has 3 heteroatoms. The summed E-state index contributed by atoms with van der Waals surface area (Å²) < 4.78 is 0. The van der Waals surface area contributed by atoms with Gasteiger partial charge in [-0.2, -0.15) is 0 Å². The molecule has 2 aromatic rings. The molecule has 3 nitrogen and oxygen atoms in total. The first-order valence-electron chi connectivity index (χ1n) is 4.59. The summed E-state index contributed by atoms with van der Waals surface area (Å²) in [5.74, 6) is -0.948. The number of carbonyl (C=O) groups is 1. The first-order chi connectivity index (χ1) is 7.24. The van der Waals surface area contributed by atoms with Gasteiger partial charge in [0.15, 0.2) is 0 Å². The van der Waals surface area contributed by atoms with Crippen LogP contribution in [0.4, 0.5) is 0 Å². The van der Waals surface area contributed by atoms with Crippen LogP contribution in [0.25, 0.3) is 10.8 Å². The fourth-order valence-electron chi connectivity index (χ4n) is 1.70. The minimum absolute atomic E-state index is 0.0829. The Morgan fingerprint density at radius 3 is 2.40 bits per heavy atom. The molecule has 0 radical (unpaired) electrons. The molecule has 0 aliphatic rings. The molecule has 0 aromatic heterocycles. The van der Waals surface area contributed by atoms with Crippen molar-refractivity contribution < 1.29 is 15.0 Å². The van der Waals surface area contributed by atoms with Gasteiger partial charge in [-0.05, 0) is 22.4 Å². The van der Waals surface area contributed by atoms with Crippen molar-refractivity contribution in [3.63, 3.8) is 0 Å². The normalized spacial score (nSPS) is 10.5. The van der Waals surface area contributed by atoms with Gasteiger partial charge in [0.05, 0.1) is 12.2 Å². The van der Waals surface area contributed by atoms with Crippen LogP contribution >= 0.6 is 0 Å². The van der Waals surface area contributed by atoms with E-state index in [0.717, 1.165) is 10.9 Å². The lowest BCUT2D eigenvalue weighted by Gasteiger charge is -2.05. The van der Waals surface area contributed by atoms with E-state index in [2.05, 4.69) is 0 Å². The van der Waals surface area contributed by atoms with E-state index in [1.807, 2.05) is 6.07 Å². The van der Waals surface area contributed by atoms with Gasteiger partial charge in [0, 0.05) is 0 Å². The lowest BCUT2D eigenvalue weighted by atomic mass is 10.0. The molecule has 0 saturated heterocycles. The standard InChI is InChI=1S/C12H10O3/c13-7-8-3-1-5-10-9(8)4-2-6-11(10)12(14)15/h1-6,13H,7H2,(H,14,15).